The van der Waals surface area contributed by atoms with Gasteiger partial charge in [-0.25, -0.2) is 9.18 Å². The fourth-order valence-corrected chi connectivity index (χ4v) is 2.58. The molecule has 0 bridgehead atoms. The molecule has 2 aromatic carbocycles. The van der Waals surface area contributed by atoms with Crippen molar-refractivity contribution in [3.8, 4) is 11.1 Å². The zero-order chi connectivity index (χ0) is 17.9. The smallest absolute Gasteiger partial charge is 0.405 e. The molecule has 0 radical (unpaired) electrons. The third-order valence-electron chi connectivity index (χ3n) is 3.60. The second-order valence-electron chi connectivity index (χ2n) is 6.70. The van der Waals surface area contributed by atoms with Gasteiger partial charge in [0.25, 0.3) is 0 Å². The van der Waals surface area contributed by atoms with Crippen LogP contribution in [-0.2, 0) is 4.74 Å². The SMILES string of the molecule is CC(C)(C)C(OC(N)=O)c1cc(F)cc(-c2cccc(C=O)c2)c1. The molecule has 0 saturated heterocycles. The molecule has 0 fully saturated rings. The van der Waals surface area contributed by atoms with E-state index in [2.05, 4.69) is 0 Å². The van der Waals surface area contributed by atoms with Crippen LogP contribution in [0.4, 0.5) is 9.18 Å². The Morgan fingerprint density at radius 3 is 2.46 bits per heavy atom. The van der Waals surface area contributed by atoms with Crippen molar-refractivity contribution in [3.05, 3.63) is 59.4 Å². The summed E-state index contributed by atoms with van der Waals surface area (Å²) in [6, 6.07) is 11.3. The Morgan fingerprint density at radius 1 is 1.17 bits per heavy atom. The Hall–Kier alpha value is -2.69. The number of hydrogen-bond acceptors (Lipinski definition) is 3. The number of ether oxygens (including phenoxy) is 1. The summed E-state index contributed by atoms with van der Waals surface area (Å²) >= 11 is 0. The first-order valence-electron chi connectivity index (χ1n) is 7.53. The van der Waals surface area contributed by atoms with E-state index in [1.165, 1.54) is 12.1 Å². The molecule has 0 aromatic heterocycles. The predicted molar refractivity (Wildman–Crippen MR) is 90.1 cm³/mol. The Kier molecular flexibility index (Phi) is 5.02. The predicted octanol–water partition coefficient (Wildman–Crippen LogP) is 4.49. The average molecular weight is 329 g/mol. The molecule has 5 heteroatoms. The zero-order valence-electron chi connectivity index (χ0n) is 13.9. The van der Waals surface area contributed by atoms with E-state index in [-0.39, 0.29) is 0 Å². The molecule has 24 heavy (non-hydrogen) atoms. The number of rotatable bonds is 4. The van der Waals surface area contributed by atoms with Crippen LogP contribution in [0.15, 0.2) is 42.5 Å². The van der Waals surface area contributed by atoms with Gasteiger partial charge in [-0.2, -0.15) is 0 Å². The van der Waals surface area contributed by atoms with E-state index in [1.54, 1.807) is 30.3 Å². The van der Waals surface area contributed by atoms with Crippen LogP contribution in [0.25, 0.3) is 11.1 Å². The number of carbonyl (C=O) groups excluding carboxylic acids is 2. The molecule has 2 rings (SSSR count). The van der Waals surface area contributed by atoms with Crippen molar-refractivity contribution in [1.29, 1.82) is 0 Å². The maximum absolute atomic E-state index is 14.1. The molecule has 0 aliphatic rings. The minimum atomic E-state index is -0.913. The molecule has 2 N–H and O–H groups in total. The molecular weight excluding hydrogens is 309 g/mol. The maximum Gasteiger partial charge on any atom is 0.405 e. The number of hydrogen-bond donors (Lipinski definition) is 1. The molecule has 2 aromatic rings. The molecule has 1 atom stereocenters. The van der Waals surface area contributed by atoms with Crippen LogP contribution in [0.5, 0.6) is 0 Å². The Balaban J connectivity index is 2.54. The number of primary amides is 1. The quantitative estimate of drug-likeness (QED) is 0.840. The van der Waals surface area contributed by atoms with Gasteiger partial charge in [0.2, 0.25) is 0 Å². The van der Waals surface area contributed by atoms with Crippen LogP contribution in [0.2, 0.25) is 0 Å². The summed E-state index contributed by atoms with van der Waals surface area (Å²) in [7, 11) is 0. The van der Waals surface area contributed by atoms with E-state index in [9.17, 15) is 14.0 Å². The van der Waals surface area contributed by atoms with Gasteiger partial charge in [-0.1, -0.05) is 39.0 Å². The third kappa shape index (κ3) is 4.19. The molecule has 1 unspecified atom stereocenters. The van der Waals surface area contributed by atoms with Gasteiger partial charge in [0, 0.05) is 11.0 Å². The summed E-state index contributed by atoms with van der Waals surface area (Å²) in [4.78, 5) is 22.2. The zero-order valence-corrected chi connectivity index (χ0v) is 13.9. The first-order valence-corrected chi connectivity index (χ1v) is 7.53. The highest BCUT2D eigenvalue weighted by atomic mass is 19.1. The Morgan fingerprint density at radius 2 is 1.88 bits per heavy atom. The molecule has 0 spiro atoms. The highest BCUT2D eigenvalue weighted by Crippen LogP contribution is 2.38. The molecule has 0 aliphatic carbocycles. The summed E-state index contributed by atoms with van der Waals surface area (Å²) in [5, 5.41) is 0. The van der Waals surface area contributed by atoms with Gasteiger partial charge in [0.1, 0.15) is 18.2 Å². The highest BCUT2D eigenvalue weighted by molar-refractivity contribution is 5.79. The number of amides is 1. The second kappa shape index (κ2) is 6.83. The summed E-state index contributed by atoms with van der Waals surface area (Å²) in [5.41, 5.74) is 6.99. The average Bonchev–Trinajstić information content (AvgIpc) is 2.51. The van der Waals surface area contributed by atoms with E-state index in [0.717, 1.165) is 6.29 Å². The van der Waals surface area contributed by atoms with E-state index in [4.69, 9.17) is 10.5 Å². The molecule has 4 nitrogen and oxygen atoms in total. The first kappa shape index (κ1) is 17.7. The van der Waals surface area contributed by atoms with Crippen LogP contribution in [0, 0.1) is 11.2 Å². The number of benzene rings is 2. The van der Waals surface area contributed by atoms with E-state index >= 15 is 0 Å². The van der Waals surface area contributed by atoms with Crippen molar-refractivity contribution in [2.75, 3.05) is 0 Å². The fourth-order valence-electron chi connectivity index (χ4n) is 2.58. The van der Waals surface area contributed by atoms with Crippen LogP contribution in [0.3, 0.4) is 0 Å². The molecule has 0 aliphatic heterocycles. The van der Waals surface area contributed by atoms with E-state index < -0.39 is 23.4 Å². The Labute approximate surface area is 140 Å². The van der Waals surface area contributed by atoms with Gasteiger partial charge in [-0.3, -0.25) is 4.79 Å². The minimum absolute atomic E-state index is 0.457. The van der Waals surface area contributed by atoms with Gasteiger partial charge >= 0.3 is 6.09 Å². The largest absolute Gasteiger partial charge is 0.441 e. The van der Waals surface area contributed by atoms with E-state index in [0.29, 0.717) is 22.3 Å². The van der Waals surface area contributed by atoms with Crippen molar-refractivity contribution in [2.45, 2.75) is 26.9 Å². The van der Waals surface area contributed by atoms with Crippen LogP contribution >= 0.6 is 0 Å². The number of nitrogens with two attached hydrogens (primary N) is 1. The lowest BCUT2D eigenvalue weighted by Crippen LogP contribution is -2.27. The highest BCUT2D eigenvalue weighted by Gasteiger charge is 2.30. The summed E-state index contributed by atoms with van der Waals surface area (Å²) in [6.45, 7) is 5.62. The topological polar surface area (TPSA) is 69.4 Å². The van der Waals surface area contributed by atoms with Gasteiger partial charge < -0.3 is 10.5 Å². The lowest BCUT2D eigenvalue weighted by Gasteiger charge is -2.30. The molecule has 0 saturated carbocycles. The lowest BCUT2D eigenvalue weighted by atomic mass is 9.83. The minimum Gasteiger partial charge on any atom is -0.441 e. The molecule has 1 amide bonds. The molecule has 126 valence electrons. The fraction of sp³-hybridized carbons (Fsp3) is 0.263. The van der Waals surface area contributed by atoms with Crippen LogP contribution in [0.1, 0.15) is 42.8 Å². The van der Waals surface area contributed by atoms with Crippen molar-refractivity contribution in [1.82, 2.24) is 0 Å². The normalized spacial score (nSPS) is 12.5. The van der Waals surface area contributed by atoms with E-state index in [1.807, 2.05) is 20.8 Å². The monoisotopic (exact) mass is 329 g/mol. The number of carbonyl (C=O) groups is 2. The summed E-state index contributed by atoms with van der Waals surface area (Å²) < 4.78 is 19.3. The standard InChI is InChI=1S/C19H20FNO3/c1-19(2,3)17(24-18(21)23)15-8-14(9-16(20)10-15)13-6-4-5-12(7-13)11-22/h4-11,17H,1-3H3,(H2,21,23). The summed E-state index contributed by atoms with van der Waals surface area (Å²) in [6.07, 6.45) is -0.875. The van der Waals surface area contributed by atoms with Crippen molar-refractivity contribution >= 4 is 12.4 Å². The van der Waals surface area contributed by atoms with Crippen molar-refractivity contribution < 1.29 is 18.7 Å². The molecule has 0 heterocycles. The van der Waals surface area contributed by atoms with Gasteiger partial charge in [-0.15, -0.1) is 0 Å². The van der Waals surface area contributed by atoms with Crippen LogP contribution < -0.4 is 5.73 Å². The van der Waals surface area contributed by atoms with Crippen molar-refractivity contribution in [2.24, 2.45) is 11.1 Å². The van der Waals surface area contributed by atoms with Gasteiger partial charge in [-0.05, 0) is 41.0 Å². The van der Waals surface area contributed by atoms with Gasteiger partial charge in [0.05, 0.1) is 0 Å². The third-order valence-corrected chi connectivity index (χ3v) is 3.60. The molecular formula is C19H20FNO3. The summed E-state index contributed by atoms with van der Waals surface area (Å²) in [5.74, 6) is -0.457. The first-order chi connectivity index (χ1) is 11.2. The number of aldehydes is 1. The lowest BCUT2D eigenvalue weighted by molar-refractivity contribution is 0.0358. The van der Waals surface area contributed by atoms with Gasteiger partial charge in [0.15, 0.2) is 0 Å². The van der Waals surface area contributed by atoms with Crippen LogP contribution in [-0.4, -0.2) is 12.4 Å². The Bertz CT molecular complexity index is 765. The maximum atomic E-state index is 14.1. The number of halogens is 1. The van der Waals surface area contributed by atoms with Crippen molar-refractivity contribution in [3.63, 3.8) is 0 Å². The second-order valence-corrected chi connectivity index (χ2v) is 6.70.